The molecule has 4 nitrogen and oxygen atoms in total. The number of aromatic nitrogens is 1. The van der Waals surface area contributed by atoms with Gasteiger partial charge in [-0.2, -0.15) is 5.26 Å². The predicted molar refractivity (Wildman–Crippen MR) is 57.2 cm³/mol. The SMILES string of the molecule is CCOC(=O)CCC[n+]1cccc(C#N)c1. The van der Waals surface area contributed by atoms with E-state index < -0.39 is 0 Å². The Morgan fingerprint density at radius 2 is 2.44 bits per heavy atom. The van der Waals surface area contributed by atoms with Gasteiger partial charge in [-0.05, 0) is 13.0 Å². The summed E-state index contributed by atoms with van der Waals surface area (Å²) < 4.78 is 6.72. The number of ether oxygens (including phenoxy) is 1. The van der Waals surface area contributed by atoms with Crippen LogP contribution in [0.15, 0.2) is 24.5 Å². The highest BCUT2D eigenvalue weighted by molar-refractivity contribution is 5.69. The van der Waals surface area contributed by atoms with Crippen LogP contribution in [0.4, 0.5) is 0 Å². The lowest BCUT2D eigenvalue weighted by atomic mass is 10.3. The van der Waals surface area contributed by atoms with Gasteiger partial charge in [0.1, 0.15) is 18.2 Å². The van der Waals surface area contributed by atoms with Gasteiger partial charge in [-0.1, -0.05) is 0 Å². The lowest BCUT2D eigenvalue weighted by Gasteiger charge is -1.99. The van der Waals surface area contributed by atoms with E-state index in [0.29, 0.717) is 25.1 Å². The first-order chi connectivity index (χ1) is 7.76. The third-order valence-electron chi connectivity index (χ3n) is 2.09. The fourth-order valence-electron chi connectivity index (χ4n) is 1.37. The van der Waals surface area contributed by atoms with E-state index in [4.69, 9.17) is 10.00 Å². The molecule has 0 spiro atoms. The predicted octanol–water partition coefficient (Wildman–Crippen LogP) is 1.19. The van der Waals surface area contributed by atoms with Crippen molar-refractivity contribution in [3.63, 3.8) is 0 Å². The van der Waals surface area contributed by atoms with Crippen LogP contribution in [-0.2, 0) is 16.1 Å². The van der Waals surface area contributed by atoms with Crippen molar-refractivity contribution in [3.05, 3.63) is 30.1 Å². The molecule has 0 fully saturated rings. The largest absolute Gasteiger partial charge is 0.466 e. The quantitative estimate of drug-likeness (QED) is 0.552. The molecule has 0 unspecified atom stereocenters. The summed E-state index contributed by atoms with van der Waals surface area (Å²) in [4.78, 5) is 11.1. The van der Waals surface area contributed by atoms with Crippen LogP contribution in [0.5, 0.6) is 0 Å². The summed E-state index contributed by atoms with van der Waals surface area (Å²) in [6.07, 6.45) is 4.78. The smallest absolute Gasteiger partial charge is 0.306 e. The fourth-order valence-corrected chi connectivity index (χ4v) is 1.37. The van der Waals surface area contributed by atoms with E-state index in [9.17, 15) is 4.79 Å². The third-order valence-corrected chi connectivity index (χ3v) is 2.09. The van der Waals surface area contributed by atoms with Crippen molar-refractivity contribution in [2.45, 2.75) is 26.3 Å². The number of aryl methyl sites for hydroxylation is 1. The van der Waals surface area contributed by atoms with Crippen LogP contribution < -0.4 is 4.57 Å². The van der Waals surface area contributed by atoms with E-state index in [1.165, 1.54) is 0 Å². The van der Waals surface area contributed by atoms with Gasteiger partial charge in [0.15, 0.2) is 12.4 Å². The monoisotopic (exact) mass is 219 g/mol. The molecule has 0 N–H and O–H groups in total. The average molecular weight is 219 g/mol. The Balaban J connectivity index is 2.37. The van der Waals surface area contributed by atoms with E-state index in [0.717, 1.165) is 6.42 Å². The first-order valence-corrected chi connectivity index (χ1v) is 5.31. The van der Waals surface area contributed by atoms with Crippen molar-refractivity contribution in [2.75, 3.05) is 6.61 Å². The highest BCUT2D eigenvalue weighted by Gasteiger charge is 2.05. The van der Waals surface area contributed by atoms with E-state index in [1.54, 1.807) is 19.2 Å². The maximum absolute atomic E-state index is 11.1. The number of carbonyl (C=O) groups excluding carboxylic acids is 1. The molecule has 0 bridgehead atoms. The molecule has 0 aliphatic heterocycles. The lowest BCUT2D eigenvalue weighted by Crippen LogP contribution is -2.33. The van der Waals surface area contributed by atoms with E-state index in [2.05, 4.69) is 6.07 Å². The maximum Gasteiger partial charge on any atom is 0.306 e. The van der Waals surface area contributed by atoms with Crippen molar-refractivity contribution in [2.24, 2.45) is 0 Å². The Kier molecular flexibility index (Phi) is 5.00. The molecule has 0 aliphatic carbocycles. The highest BCUT2D eigenvalue weighted by Crippen LogP contribution is 1.95. The molecular formula is C12H15N2O2+. The summed E-state index contributed by atoms with van der Waals surface area (Å²) in [7, 11) is 0. The van der Waals surface area contributed by atoms with Gasteiger partial charge in [-0.3, -0.25) is 4.79 Å². The summed E-state index contributed by atoms with van der Waals surface area (Å²) in [5, 5.41) is 8.71. The Labute approximate surface area is 95.1 Å². The molecule has 1 heterocycles. The number of nitrogens with zero attached hydrogens (tertiary/aromatic N) is 2. The van der Waals surface area contributed by atoms with Gasteiger partial charge in [0.25, 0.3) is 0 Å². The zero-order chi connectivity index (χ0) is 11.8. The third kappa shape index (κ3) is 4.09. The first kappa shape index (κ1) is 12.2. The molecule has 84 valence electrons. The molecule has 0 radical (unpaired) electrons. The molecule has 16 heavy (non-hydrogen) atoms. The molecule has 1 aromatic heterocycles. The van der Waals surface area contributed by atoms with Crippen molar-refractivity contribution in [3.8, 4) is 6.07 Å². The standard InChI is InChI=1S/C12H15N2O2/c1-2-16-12(15)6-4-8-14-7-3-5-11(9-13)10-14/h3,5,7,10H,2,4,6,8H2,1H3/q+1. The molecule has 1 rings (SSSR count). The molecular weight excluding hydrogens is 204 g/mol. The van der Waals surface area contributed by atoms with Gasteiger partial charge in [0, 0.05) is 12.5 Å². The van der Waals surface area contributed by atoms with Crippen LogP contribution in [0.1, 0.15) is 25.3 Å². The molecule has 0 saturated heterocycles. The van der Waals surface area contributed by atoms with Crippen molar-refractivity contribution >= 4 is 5.97 Å². The van der Waals surface area contributed by atoms with Crippen LogP contribution in [0.3, 0.4) is 0 Å². The number of carbonyl (C=O) groups is 1. The van der Waals surface area contributed by atoms with E-state index >= 15 is 0 Å². The van der Waals surface area contributed by atoms with Crippen LogP contribution in [-0.4, -0.2) is 12.6 Å². The Morgan fingerprint density at radius 1 is 1.62 bits per heavy atom. The van der Waals surface area contributed by atoms with Crippen LogP contribution in [0.25, 0.3) is 0 Å². The lowest BCUT2D eigenvalue weighted by molar-refractivity contribution is -0.697. The minimum atomic E-state index is -0.167. The van der Waals surface area contributed by atoms with Crippen LogP contribution in [0.2, 0.25) is 0 Å². The average Bonchev–Trinajstić information content (AvgIpc) is 2.30. The number of pyridine rings is 1. The second kappa shape index (κ2) is 6.57. The Bertz CT molecular complexity index is 396. The maximum atomic E-state index is 11.1. The van der Waals surface area contributed by atoms with Crippen LogP contribution in [0, 0.1) is 11.3 Å². The number of hydrogen-bond acceptors (Lipinski definition) is 3. The second-order valence-electron chi connectivity index (χ2n) is 3.35. The van der Waals surface area contributed by atoms with Crippen molar-refractivity contribution in [1.82, 2.24) is 0 Å². The number of hydrogen-bond donors (Lipinski definition) is 0. The molecule has 4 heteroatoms. The van der Waals surface area contributed by atoms with Gasteiger partial charge >= 0.3 is 5.97 Å². The van der Waals surface area contributed by atoms with Gasteiger partial charge in [0.2, 0.25) is 0 Å². The Morgan fingerprint density at radius 3 is 3.12 bits per heavy atom. The minimum Gasteiger partial charge on any atom is -0.466 e. The molecule has 0 aliphatic rings. The summed E-state index contributed by atoms with van der Waals surface area (Å²) in [5.74, 6) is -0.167. The van der Waals surface area contributed by atoms with E-state index in [1.807, 2.05) is 16.8 Å². The number of rotatable bonds is 5. The zero-order valence-electron chi connectivity index (χ0n) is 9.35. The van der Waals surface area contributed by atoms with Gasteiger partial charge in [-0.25, -0.2) is 4.57 Å². The summed E-state index contributed by atoms with van der Waals surface area (Å²) in [6.45, 7) is 2.94. The topological polar surface area (TPSA) is 54.0 Å². The fraction of sp³-hybridized carbons (Fsp3) is 0.417. The molecule has 0 aromatic carbocycles. The van der Waals surface area contributed by atoms with Crippen molar-refractivity contribution in [1.29, 1.82) is 5.26 Å². The number of esters is 1. The van der Waals surface area contributed by atoms with Crippen molar-refractivity contribution < 1.29 is 14.1 Å². The summed E-state index contributed by atoms with van der Waals surface area (Å²) >= 11 is 0. The first-order valence-electron chi connectivity index (χ1n) is 5.31. The molecule has 0 saturated carbocycles. The highest BCUT2D eigenvalue weighted by atomic mass is 16.5. The minimum absolute atomic E-state index is 0.167. The van der Waals surface area contributed by atoms with Gasteiger partial charge < -0.3 is 4.74 Å². The number of nitriles is 1. The van der Waals surface area contributed by atoms with Gasteiger partial charge in [0.05, 0.1) is 13.0 Å². The molecule has 0 amide bonds. The van der Waals surface area contributed by atoms with E-state index in [-0.39, 0.29) is 5.97 Å². The van der Waals surface area contributed by atoms with Gasteiger partial charge in [-0.15, -0.1) is 0 Å². The molecule has 0 atom stereocenters. The zero-order valence-corrected chi connectivity index (χ0v) is 9.35. The summed E-state index contributed by atoms with van der Waals surface area (Å²) in [6, 6.07) is 5.65. The Hall–Kier alpha value is -1.89. The normalized spacial score (nSPS) is 9.50. The summed E-state index contributed by atoms with van der Waals surface area (Å²) in [5.41, 5.74) is 0.624. The second-order valence-corrected chi connectivity index (χ2v) is 3.35. The molecule has 1 aromatic rings. The van der Waals surface area contributed by atoms with Crippen LogP contribution >= 0.6 is 0 Å².